The number of hydrogen-bond donors (Lipinski definition) is 1. The summed E-state index contributed by atoms with van der Waals surface area (Å²) in [5, 5.41) is 2.69. The molecule has 4 heteroatoms. The Bertz CT molecular complexity index is 416. The Hall–Kier alpha value is -1.84. The molecule has 1 rings (SSSR count). The zero-order chi connectivity index (χ0) is 12.8. The number of para-hydroxylation sites is 1. The normalized spacial score (nSPS) is 9.82. The third-order valence-corrected chi connectivity index (χ3v) is 2.50. The summed E-state index contributed by atoms with van der Waals surface area (Å²) in [4.78, 5) is 24.0. The minimum absolute atomic E-state index is 0.0235. The van der Waals surface area contributed by atoms with Crippen LogP contribution in [0.25, 0.3) is 0 Å². The van der Waals surface area contributed by atoms with E-state index in [4.69, 9.17) is 0 Å². The number of nitrogens with one attached hydrogen (secondary N) is 1. The first-order chi connectivity index (χ1) is 8.02. The molecule has 92 valence electrons. The molecule has 0 aliphatic heterocycles. The smallest absolute Gasteiger partial charge is 0.223 e. The van der Waals surface area contributed by atoms with Crippen molar-refractivity contribution in [1.29, 1.82) is 0 Å². The highest BCUT2D eigenvalue weighted by atomic mass is 16.2. The third-order valence-electron chi connectivity index (χ3n) is 2.50. The first kappa shape index (κ1) is 13.2. The number of carbonyl (C=O) groups is 2. The summed E-state index contributed by atoms with van der Waals surface area (Å²) in [6.45, 7) is 5.90. The summed E-state index contributed by atoms with van der Waals surface area (Å²) in [5.41, 5.74) is 1.94. The molecular formula is C13H18N2O2. The molecule has 4 nitrogen and oxygen atoms in total. The topological polar surface area (TPSA) is 49.4 Å². The molecule has 1 aromatic rings. The Morgan fingerprint density at radius 2 is 1.88 bits per heavy atom. The molecule has 0 spiro atoms. The molecular weight excluding hydrogens is 216 g/mol. The molecule has 0 saturated carbocycles. The number of carbonyl (C=O) groups excluding carboxylic acids is 2. The maximum atomic E-state index is 11.6. The van der Waals surface area contributed by atoms with Crippen molar-refractivity contribution in [3.63, 3.8) is 0 Å². The number of rotatable bonds is 4. The maximum Gasteiger partial charge on any atom is 0.223 e. The van der Waals surface area contributed by atoms with Crippen LogP contribution in [0.3, 0.4) is 0 Å². The molecule has 0 bridgehead atoms. The van der Waals surface area contributed by atoms with Gasteiger partial charge in [0.05, 0.1) is 0 Å². The van der Waals surface area contributed by atoms with E-state index < -0.39 is 0 Å². The van der Waals surface area contributed by atoms with Gasteiger partial charge in [-0.05, 0) is 18.6 Å². The Morgan fingerprint density at radius 3 is 2.41 bits per heavy atom. The van der Waals surface area contributed by atoms with Gasteiger partial charge in [0.1, 0.15) is 0 Å². The molecule has 0 saturated heterocycles. The molecule has 0 atom stereocenters. The first-order valence-electron chi connectivity index (χ1n) is 5.60. The minimum Gasteiger partial charge on any atom is -0.355 e. The molecule has 0 fully saturated rings. The van der Waals surface area contributed by atoms with E-state index in [0.29, 0.717) is 13.1 Å². The molecule has 0 aliphatic carbocycles. The van der Waals surface area contributed by atoms with Gasteiger partial charge in [-0.3, -0.25) is 9.59 Å². The molecule has 0 radical (unpaired) electrons. The van der Waals surface area contributed by atoms with Gasteiger partial charge in [-0.1, -0.05) is 18.2 Å². The highest BCUT2D eigenvalue weighted by Crippen LogP contribution is 2.18. The van der Waals surface area contributed by atoms with Crippen molar-refractivity contribution in [3.05, 3.63) is 29.8 Å². The quantitative estimate of drug-likeness (QED) is 0.858. The number of amides is 2. The van der Waals surface area contributed by atoms with Crippen molar-refractivity contribution < 1.29 is 9.59 Å². The molecule has 0 heterocycles. The van der Waals surface area contributed by atoms with E-state index in [0.717, 1.165) is 11.3 Å². The van der Waals surface area contributed by atoms with E-state index in [1.165, 1.54) is 13.8 Å². The lowest BCUT2D eigenvalue weighted by Crippen LogP contribution is -2.37. The number of aryl methyl sites for hydroxylation is 1. The second-order valence-electron chi connectivity index (χ2n) is 3.94. The van der Waals surface area contributed by atoms with Crippen molar-refractivity contribution in [3.8, 4) is 0 Å². The fraction of sp³-hybridized carbons (Fsp3) is 0.385. The highest BCUT2D eigenvalue weighted by Gasteiger charge is 2.12. The molecule has 0 unspecified atom stereocenters. The Labute approximate surface area is 102 Å². The van der Waals surface area contributed by atoms with Crippen LogP contribution in [0.5, 0.6) is 0 Å². The van der Waals surface area contributed by atoms with Gasteiger partial charge >= 0.3 is 0 Å². The highest BCUT2D eigenvalue weighted by molar-refractivity contribution is 5.92. The fourth-order valence-corrected chi connectivity index (χ4v) is 1.66. The second kappa shape index (κ2) is 6.03. The first-order valence-corrected chi connectivity index (χ1v) is 5.60. The van der Waals surface area contributed by atoms with Gasteiger partial charge in [0.25, 0.3) is 0 Å². The summed E-state index contributed by atoms with van der Waals surface area (Å²) < 4.78 is 0. The standard InChI is InChI=1S/C13H18N2O2/c1-10-6-4-5-7-13(10)15(12(3)17)9-8-14-11(2)16/h4-7H,8-9H2,1-3H3,(H,14,16). The molecule has 1 aromatic carbocycles. The van der Waals surface area contributed by atoms with Crippen molar-refractivity contribution in [1.82, 2.24) is 5.32 Å². The second-order valence-corrected chi connectivity index (χ2v) is 3.94. The van der Waals surface area contributed by atoms with Crippen LogP contribution >= 0.6 is 0 Å². The van der Waals surface area contributed by atoms with Crippen LogP contribution in [0.4, 0.5) is 5.69 Å². The van der Waals surface area contributed by atoms with Gasteiger partial charge in [-0.2, -0.15) is 0 Å². The van der Waals surface area contributed by atoms with Crippen LogP contribution < -0.4 is 10.2 Å². The van der Waals surface area contributed by atoms with Crippen LogP contribution in [-0.2, 0) is 9.59 Å². The van der Waals surface area contributed by atoms with Crippen LogP contribution in [0.2, 0.25) is 0 Å². The van der Waals surface area contributed by atoms with Crippen molar-refractivity contribution in [2.24, 2.45) is 0 Å². The Kier molecular flexibility index (Phi) is 4.69. The molecule has 2 amide bonds. The predicted octanol–water partition coefficient (Wildman–Crippen LogP) is 1.48. The van der Waals surface area contributed by atoms with Gasteiger partial charge < -0.3 is 10.2 Å². The van der Waals surface area contributed by atoms with Crippen LogP contribution in [0.1, 0.15) is 19.4 Å². The van der Waals surface area contributed by atoms with Gasteiger partial charge in [-0.15, -0.1) is 0 Å². The SMILES string of the molecule is CC(=O)NCCN(C(C)=O)c1ccccc1C. The lowest BCUT2D eigenvalue weighted by Gasteiger charge is -2.23. The average Bonchev–Trinajstić information content (AvgIpc) is 2.25. The van der Waals surface area contributed by atoms with Crippen LogP contribution in [0, 0.1) is 6.92 Å². The number of benzene rings is 1. The van der Waals surface area contributed by atoms with Gasteiger partial charge in [0.15, 0.2) is 0 Å². The molecule has 17 heavy (non-hydrogen) atoms. The van der Waals surface area contributed by atoms with Gasteiger partial charge in [-0.25, -0.2) is 0 Å². The lowest BCUT2D eigenvalue weighted by atomic mass is 10.2. The van der Waals surface area contributed by atoms with E-state index in [9.17, 15) is 9.59 Å². The maximum absolute atomic E-state index is 11.6. The minimum atomic E-state index is -0.0849. The third kappa shape index (κ3) is 3.90. The lowest BCUT2D eigenvalue weighted by molar-refractivity contribution is -0.119. The summed E-state index contributed by atoms with van der Waals surface area (Å²) in [7, 11) is 0. The predicted molar refractivity (Wildman–Crippen MR) is 67.9 cm³/mol. The van der Waals surface area contributed by atoms with E-state index in [1.54, 1.807) is 4.90 Å². The zero-order valence-electron chi connectivity index (χ0n) is 10.5. The van der Waals surface area contributed by atoms with Crippen molar-refractivity contribution in [2.75, 3.05) is 18.0 Å². The zero-order valence-corrected chi connectivity index (χ0v) is 10.5. The fourth-order valence-electron chi connectivity index (χ4n) is 1.66. The van der Waals surface area contributed by atoms with Crippen LogP contribution in [0.15, 0.2) is 24.3 Å². The van der Waals surface area contributed by atoms with Gasteiger partial charge in [0, 0.05) is 32.6 Å². The van der Waals surface area contributed by atoms with Gasteiger partial charge in [0.2, 0.25) is 11.8 Å². The largest absolute Gasteiger partial charge is 0.355 e. The Morgan fingerprint density at radius 1 is 1.24 bits per heavy atom. The summed E-state index contributed by atoms with van der Waals surface area (Å²) >= 11 is 0. The average molecular weight is 234 g/mol. The van der Waals surface area contributed by atoms with E-state index in [2.05, 4.69) is 5.32 Å². The van der Waals surface area contributed by atoms with Crippen LogP contribution in [-0.4, -0.2) is 24.9 Å². The summed E-state index contributed by atoms with van der Waals surface area (Å²) in [5.74, 6) is -0.108. The van der Waals surface area contributed by atoms with E-state index >= 15 is 0 Å². The van der Waals surface area contributed by atoms with Crippen molar-refractivity contribution >= 4 is 17.5 Å². The monoisotopic (exact) mass is 234 g/mol. The number of nitrogens with zero attached hydrogens (tertiary/aromatic N) is 1. The van der Waals surface area contributed by atoms with E-state index in [-0.39, 0.29) is 11.8 Å². The Balaban J connectivity index is 2.76. The number of hydrogen-bond acceptors (Lipinski definition) is 2. The van der Waals surface area contributed by atoms with Crippen molar-refractivity contribution in [2.45, 2.75) is 20.8 Å². The van der Waals surface area contributed by atoms with E-state index in [1.807, 2.05) is 31.2 Å². The summed E-state index contributed by atoms with van der Waals surface area (Å²) in [6, 6.07) is 7.70. The molecule has 0 aromatic heterocycles. The number of anilines is 1. The molecule has 1 N–H and O–H groups in total. The molecule has 0 aliphatic rings. The summed E-state index contributed by atoms with van der Waals surface area (Å²) in [6.07, 6.45) is 0.